The Morgan fingerprint density at radius 2 is 2.18 bits per heavy atom. The first kappa shape index (κ1) is 15.2. The predicted octanol–water partition coefficient (Wildman–Crippen LogP) is 2.64. The van der Waals surface area contributed by atoms with Gasteiger partial charge in [-0.15, -0.1) is 10.2 Å². The van der Waals surface area contributed by atoms with E-state index in [-0.39, 0.29) is 6.10 Å². The van der Waals surface area contributed by atoms with Gasteiger partial charge in [0.1, 0.15) is 0 Å². The minimum Gasteiger partial charge on any atom is -0.419 e. The highest BCUT2D eigenvalue weighted by Crippen LogP contribution is 2.26. The molecule has 5 heteroatoms. The first-order valence-electron chi connectivity index (χ1n) is 7.88. The van der Waals surface area contributed by atoms with E-state index in [1.54, 1.807) is 0 Å². The summed E-state index contributed by atoms with van der Waals surface area (Å²) in [5, 5.41) is 18.2. The SMILES string of the molecule is Cc1cccc(-c2nnc(CN(C)CC3CCCC3O)o2)c1. The predicted molar refractivity (Wildman–Crippen MR) is 84.2 cm³/mol. The van der Waals surface area contributed by atoms with Crippen molar-refractivity contribution in [2.24, 2.45) is 5.92 Å². The summed E-state index contributed by atoms with van der Waals surface area (Å²) in [7, 11) is 2.03. The van der Waals surface area contributed by atoms with Crippen LogP contribution in [0.3, 0.4) is 0 Å². The normalized spacial score (nSPS) is 21.6. The van der Waals surface area contributed by atoms with Crippen LogP contribution in [0.1, 0.15) is 30.7 Å². The summed E-state index contributed by atoms with van der Waals surface area (Å²) >= 11 is 0. The maximum atomic E-state index is 9.90. The molecule has 1 fully saturated rings. The molecule has 0 spiro atoms. The van der Waals surface area contributed by atoms with Crippen molar-refractivity contribution in [3.8, 4) is 11.5 Å². The van der Waals surface area contributed by atoms with Crippen LogP contribution in [0.5, 0.6) is 0 Å². The van der Waals surface area contributed by atoms with Crippen molar-refractivity contribution in [1.29, 1.82) is 0 Å². The van der Waals surface area contributed by atoms with E-state index in [2.05, 4.69) is 15.1 Å². The molecule has 1 aromatic carbocycles. The smallest absolute Gasteiger partial charge is 0.247 e. The third-order valence-electron chi connectivity index (χ3n) is 4.30. The third kappa shape index (κ3) is 3.54. The Morgan fingerprint density at radius 3 is 2.91 bits per heavy atom. The zero-order valence-electron chi connectivity index (χ0n) is 13.2. The minimum atomic E-state index is -0.159. The first-order chi connectivity index (χ1) is 10.6. The Bertz CT molecular complexity index is 626. The number of hydrogen-bond donors (Lipinski definition) is 1. The highest BCUT2D eigenvalue weighted by atomic mass is 16.4. The molecule has 22 heavy (non-hydrogen) atoms. The van der Waals surface area contributed by atoms with Gasteiger partial charge >= 0.3 is 0 Å². The first-order valence-corrected chi connectivity index (χ1v) is 7.88. The molecule has 2 atom stereocenters. The van der Waals surface area contributed by atoms with Gasteiger partial charge in [0.2, 0.25) is 11.8 Å². The van der Waals surface area contributed by atoms with Gasteiger partial charge in [-0.25, -0.2) is 0 Å². The molecule has 0 saturated heterocycles. The average Bonchev–Trinajstić information content (AvgIpc) is 3.09. The molecular weight excluding hydrogens is 278 g/mol. The Morgan fingerprint density at radius 1 is 1.32 bits per heavy atom. The van der Waals surface area contributed by atoms with Crippen LogP contribution in [0.15, 0.2) is 28.7 Å². The average molecular weight is 301 g/mol. The molecule has 5 nitrogen and oxygen atoms in total. The maximum Gasteiger partial charge on any atom is 0.247 e. The molecule has 1 heterocycles. The van der Waals surface area contributed by atoms with Crippen LogP contribution in [0.4, 0.5) is 0 Å². The Hall–Kier alpha value is -1.72. The summed E-state index contributed by atoms with van der Waals surface area (Å²) in [5.74, 6) is 1.55. The molecule has 1 aromatic heterocycles. The molecule has 3 rings (SSSR count). The fraction of sp³-hybridized carbons (Fsp3) is 0.529. The topological polar surface area (TPSA) is 62.4 Å². The van der Waals surface area contributed by atoms with Crippen molar-refractivity contribution in [1.82, 2.24) is 15.1 Å². The Kier molecular flexibility index (Phi) is 4.55. The van der Waals surface area contributed by atoms with Crippen LogP contribution in [-0.4, -0.2) is 39.9 Å². The number of aliphatic hydroxyl groups excluding tert-OH is 1. The Labute approximate surface area is 131 Å². The van der Waals surface area contributed by atoms with Crippen LogP contribution >= 0.6 is 0 Å². The van der Waals surface area contributed by atoms with Crippen LogP contribution in [0.25, 0.3) is 11.5 Å². The van der Waals surface area contributed by atoms with Gasteiger partial charge in [0, 0.05) is 12.1 Å². The van der Waals surface area contributed by atoms with E-state index in [1.165, 1.54) is 5.56 Å². The lowest BCUT2D eigenvalue weighted by atomic mass is 10.1. The van der Waals surface area contributed by atoms with Gasteiger partial charge in [0.05, 0.1) is 12.6 Å². The van der Waals surface area contributed by atoms with Crippen molar-refractivity contribution >= 4 is 0 Å². The van der Waals surface area contributed by atoms with Gasteiger partial charge in [-0.05, 0) is 44.9 Å². The van der Waals surface area contributed by atoms with Gasteiger partial charge < -0.3 is 9.52 Å². The highest BCUT2D eigenvalue weighted by Gasteiger charge is 2.26. The van der Waals surface area contributed by atoms with E-state index in [1.807, 2.05) is 38.2 Å². The van der Waals surface area contributed by atoms with E-state index in [4.69, 9.17) is 4.42 Å². The second-order valence-electron chi connectivity index (χ2n) is 6.33. The number of rotatable bonds is 5. The zero-order chi connectivity index (χ0) is 15.5. The number of hydrogen-bond acceptors (Lipinski definition) is 5. The minimum absolute atomic E-state index is 0.159. The highest BCUT2D eigenvalue weighted by molar-refractivity contribution is 5.53. The molecule has 2 unspecified atom stereocenters. The largest absolute Gasteiger partial charge is 0.419 e. The monoisotopic (exact) mass is 301 g/mol. The van der Waals surface area contributed by atoms with Crippen LogP contribution in [0, 0.1) is 12.8 Å². The van der Waals surface area contributed by atoms with Crippen molar-refractivity contribution in [2.75, 3.05) is 13.6 Å². The Balaban J connectivity index is 1.61. The van der Waals surface area contributed by atoms with Crippen molar-refractivity contribution in [2.45, 2.75) is 38.8 Å². The number of aryl methyl sites for hydroxylation is 1. The molecule has 0 bridgehead atoms. The van der Waals surface area contributed by atoms with Gasteiger partial charge in [-0.3, -0.25) is 4.90 Å². The number of aliphatic hydroxyl groups is 1. The molecule has 1 aliphatic rings. The van der Waals surface area contributed by atoms with Crippen LogP contribution < -0.4 is 0 Å². The molecule has 118 valence electrons. The lowest BCUT2D eigenvalue weighted by molar-refractivity contribution is 0.105. The van der Waals surface area contributed by atoms with Crippen molar-refractivity contribution in [3.05, 3.63) is 35.7 Å². The summed E-state index contributed by atoms with van der Waals surface area (Å²) in [6.45, 7) is 3.52. The third-order valence-corrected chi connectivity index (χ3v) is 4.30. The van der Waals surface area contributed by atoms with Crippen molar-refractivity contribution in [3.63, 3.8) is 0 Å². The molecule has 1 saturated carbocycles. The zero-order valence-corrected chi connectivity index (χ0v) is 13.2. The molecule has 0 amide bonds. The quantitative estimate of drug-likeness (QED) is 0.920. The van der Waals surface area contributed by atoms with Gasteiger partial charge in [-0.1, -0.05) is 24.1 Å². The summed E-state index contributed by atoms with van der Waals surface area (Å²) in [4.78, 5) is 2.15. The van der Waals surface area contributed by atoms with E-state index in [9.17, 15) is 5.11 Å². The van der Waals surface area contributed by atoms with Crippen LogP contribution in [0.2, 0.25) is 0 Å². The second kappa shape index (κ2) is 6.58. The lowest BCUT2D eigenvalue weighted by Crippen LogP contribution is -2.29. The number of benzene rings is 1. The summed E-state index contributed by atoms with van der Waals surface area (Å²) in [6.07, 6.45) is 2.99. The molecule has 0 radical (unpaired) electrons. The standard InChI is InChI=1S/C17H23N3O2/c1-12-5-3-6-13(9-12)17-19-18-16(22-17)11-20(2)10-14-7-4-8-15(14)21/h3,5-6,9,14-15,21H,4,7-8,10-11H2,1-2H3. The van der Waals surface area contributed by atoms with Gasteiger partial charge in [0.25, 0.3) is 0 Å². The van der Waals surface area contributed by atoms with Gasteiger partial charge in [-0.2, -0.15) is 0 Å². The second-order valence-corrected chi connectivity index (χ2v) is 6.33. The summed E-state index contributed by atoms with van der Waals surface area (Å²) in [6, 6.07) is 8.04. The van der Waals surface area contributed by atoms with E-state index < -0.39 is 0 Å². The van der Waals surface area contributed by atoms with Crippen LogP contribution in [-0.2, 0) is 6.54 Å². The summed E-state index contributed by atoms with van der Waals surface area (Å²) in [5.41, 5.74) is 2.12. The van der Waals surface area contributed by atoms with Gasteiger partial charge in [0.15, 0.2) is 0 Å². The van der Waals surface area contributed by atoms with E-state index in [0.29, 0.717) is 24.2 Å². The fourth-order valence-corrected chi connectivity index (χ4v) is 3.14. The fourth-order valence-electron chi connectivity index (χ4n) is 3.14. The lowest BCUT2D eigenvalue weighted by Gasteiger charge is -2.21. The number of nitrogens with zero attached hydrogens (tertiary/aromatic N) is 3. The van der Waals surface area contributed by atoms with E-state index >= 15 is 0 Å². The molecule has 1 aliphatic carbocycles. The van der Waals surface area contributed by atoms with Crippen molar-refractivity contribution < 1.29 is 9.52 Å². The molecule has 0 aliphatic heterocycles. The molecular formula is C17H23N3O2. The number of aromatic nitrogens is 2. The maximum absolute atomic E-state index is 9.90. The molecule has 1 N–H and O–H groups in total. The summed E-state index contributed by atoms with van der Waals surface area (Å²) < 4.78 is 5.76. The molecule has 2 aromatic rings. The van der Waals surface area contributed by atoms with E-state index in [0.717, 1.165) is 31.4 Å².